The van der Waals surface area contributed by atoms with E-state index in [-0.39, 0.29) is 18.1 Å². The number of carbonyl (C=O) groups is 1. The Morgan fingerprint density at radius 2 is 1.74 bits per heavy atom. The molecule has 0 amide bonds. The van der Waals surface area contributed by atoms with Crippen molar-refractivity contribution >= 4 is 11.9 Å². The lowest BCUT2D eigenvalue weighted by Gasteiger charge is -2.13. The molecule has 3 nitrogen and oxygen atoms in total. The lowest BCUT2D eigenvalue weighted by molar-refractivity contribution is -0.137. The van der Waals surface area contributed by atoms with Crippen molar-refractivity contribution in [1.29, 1.82) is 0 Å². The van der Waals surface area contributed by atoms with Gasteiger partial charge < -0.3 is 9.47 Å². The Morgan fingerprint density at radius 3 is 2.42 bits per heavy atom. The van der Waals surface area contributed by atoms with Crippen molar-refractivity contribution in [1.82, 2.24) is 0 Å². The van der Waals surface area contributed by atoms with Crippen molar-refractivity contribution < 1.29 is 31.8 Å². The van der Waals surface area contributed by atoms with Crippen molar-refractivity contribution in [3.05, 3.63) is 101 Å². The smallest absolute Gasteiger partial charge is 0.416 e. The summed E-state index contributed by atoms with van der Waals surface area (Å²) in [5.41, 5.74) is 0.808. The summed E-state index contributed by atoms with van der Waals surface area (Å²) in [6.45, 7) is -0.0297. The molecule has 0 unspecified atom stereocenters. The highest BCUT2D eigenvalue weighted by molar-refractivity contribution is 6.06. The maximum atomic E-state index is 13.0. The van der Waals surface area contributed by atoms with E-state index >= 15 is 0 Å². The lowest BCUT2D eigenvalue weighted by atomic mass is 10.1. The Bertz CT molecular complexity index is 1090. The third-order valence-electron chi connectivity index (χ3n) is 4.42. The summed E-state index contributed by atoms with van der Waals surface area (Å²) in [6, 6.07) is 14.9. The molecule has 0 aliphatic carbocycles. The Morgan fingerprint density at radius 1 is 1.00 bits per heavy atom. The van der Waals surface area contributed by atoms with Crippen LogP contribution in [0.3, 0.4) is 0 Å². The van der Waals surface area contributed by atoms with Gasteiger partial charge in [0.25, 0.3) is 0 Å². The number of ketones is 1. The molecular formula is C24H18F4O3. The fourth-order valence-electron chi connectivity index (χ4n) is 2.82. The van der Waals surface area contributed by atoms with Crippen LogP contribution in [0.15, 0.2) is 72.8 Å². The maximum Gasteiger partial charge on any atom is 0.416 e. The molecule has 3 rings (SSSR count). The first-order valence-corrected chi connectivity index (χ1v) is 9.21. The fourth-order valence-corrected chi connectivity index (χ4v) is 2.82. The predicted molar refractivity (Wildman–Crippen MR) is 109 cm³/mol. The van der Waals surface area contributed by atoms with Gasteiger partial charge in [-0.15, -0.1) is 0 Å². The molecule has 0 heterocycles. The van der Waals surface area contributed by atoms with E-state index in [0.29, 0.717) is 22.4 Å². The number of benzene rings is 3. The standard InChI is InChI=1S/C24H18F4O3/c1-30-23-12-6-16(5-11-22(29)17-7-9-20(25)10-8-17)13-18(23)15-31-21-4-2-3-19(14-21)24(26,27)28/h2-14H,15H2,1H3/b11-5+. The molecule has 0 radical (unpaired) electrons. The first-order valence-electron chi connectivity index (χ1n) is 9.21. The van der Waals surface area contributed by atoms with Crippen LogP contribution < -0.4 is 9.47 Å². The Kier molecular flexibility index (Phi) is 6.74. The fraction of sp³-hybridized carbons (Fsp3) is 0.125. The molecule has 0 spiro atoms. The summed E-state index contributed by atoms with van der Waals surface area (Å²) in [4.78, 5) is 12.2. The minimum absolute atomic E-state index is 0.0297. The highest BCUT2D eigenvalue weighted by atomic mass is 19.4. The molecule has 0 aromatic heterocycles. The lowest BCUT2D eigenvalue weighted by Crippen LogP contribution is -2.05. The highest BCUT2D eigenvalue weighted by Crippen LogP contribution is 2.32. The Labute approximate surface area is 176 Å². The van der Waals surface area contributed by atoms with E-state index in [9.17, 15) is 22.4 Å². The summed E-state index contributed by atoms with van der Waals surface area (Å²) < 4.78 is 62.4. The monoisotopic (exact) mass is 430 g/mol. The van der Waals surface area contributed by atoms with Crippen LogP contribution in [0, 0.1) is 5.82 Å². The van der Waals surface area contributed by atoms with Crippen molar-refractivity contribution in [3.8, 4) is 11.5 Å². The van der Waals surface area contributed by atoms with Crippen LogP contribution in [0.4, 0.5) is 17.6 Å². The largest absolute Gasteiger partial charge is 0.496 e. The van der Waals surface area contributed by atoms with Crippen LogP contribution in [0.25, 0.3) is 6.08 Å². The van der Waals surface area contributed by atoms with Gasteiger partial charge in [0, 0.05) is 11.1 Å². The minimum Gasteiger partial charge on any atom is -0.496 e. The molecule has 0 saturated carbocycles. The topological polar surface area (TPSA) is 35.5 Å². The van der Waals surface area contributed by atoms with Gasteiger partial charge in [-0.3, -0.25) is 4.79 Å². The average Bonchev–Trinajstić information content (AvgIpc) is 2.76. The number of rotatable bonds is 7. The average molecular weight is 430 g/mol. The van der Waals surface area contributed by atoms with Gasteiger partial charge >= 0.3 is 6.18 Å². The van der Waals surface area contributed by atoms with E-state index in [1.165, 1.54) is 49.6 Å². The van der Waals surface area contributed by atoms with Gasteiger partial charge in [0.2, 0.25) is 0 Å². The molecule has 3 aromatic carbocycles. The number of hydrogen-bond donors (Lipinski definition) is 0. The van der Waals surface area contributed by atoms with Gasteiger partial charge in [-0.05, 0) is 66.2 Å². The van der Waals surface area contributed by atoms with Crippen LogP contribution in [-0.2, 0) is 12.8 Å². The molecule has 0 atom stereocenters. The summed E-state index contributed by atoms with van der Waals surface area (Å²) in [7, 11) is 1.47. The maximum absolute atomic E-state index is 13.0. The minimum atomic E-state index is -4.46. The van der Waals surface area contributed by atoms with Crippen LogP contribution >= 0.6 is 0 Å². The molecule has 160 valence electrons. The Balaban J connectivity index is 1.75. The van der Waals surface area contributed by atoms with Gasteiger partial charge in [0.05, 0.1) is 12.7 Å². The van der Waals surface area contributed by atoms with E-state index in [4.69, 9.17) is 9.47 Å². The first kappa shape index (κ1) is 22.1. The predicted octanol–water partition coefficient (Wildman–Crippen LogP) is 6.33. The van der Waals surface area contributed by atoms with Gasteiger partial charge in [-0.25, -0.2) is 4.39 Å². The second kappa shape index (κ2) is 9.47. The number of alkyl halides is 3. The zero-order valence-corrected chi connectivity index (χ0v) is 16.4. The molecule has 0 aliphatic rings. The van der Waals surface area contributed by atoms with Crippen molar-refractivity contribution in [2.75, 3.05) is 7.11 Å². The van der Waals surface area contributed by atoms with E-state index < -0.39 is 17.6 Å². The van der Waals surface area contributed by atoms with Gasteiger partial charge in [0.15, 0.2) is 5.78 Å². The van der Waals surface area contributed by atoms with E-state index in [0.717, 1.165) is 12.1 Å². The third kappa shape index (κ3) is 5.94. The zero-order valence-electron chi connectivity index (χ0n) is 16.4. The van der Waals surface area contributed by atoms with Gasteiger partial charge in [-0.2, -0.15) is 13.2 Å². The van der Waals surface area contributed by atoms with E-state index in [1.54, 1.807) is 24.3 Å². The number of carbonyl (C=O) groups excluding carboxylic acids is 1. The third-order valence-corrected chi connectivity index (χ3v) is 4.42. The molecule has 0 saturated heterocycles. The summed E-state index contributed by atoms with van der Waals surface area (Å²) in [5.74, 6) is -0.156. The number of allylic oxidation sites excluding steroid dienone is 1. The molecule has 0 N–H and O–H groups in total. The molecule has 7 heteroatoms. The van der Waals surface area contributed by atoms with Crippen molar-refractivity contribution in [2.24, 2.45) is 0 Å². The Hall–Kier alpha value is -3.61. The quantitative estimate of drug-likeness (QED) is 0.250. The van der Waals surface area contributed by atoms with Crippen LogP contribution in [-0.4, -0.2) is 12.9 Å². The first-order chi connectivity index (χ1) is 14.8. The number of hydrogen-bond acceptors (Lipinski definition) is 3. The summed E-state index contributed by atoms with van der Waals surface area (Å²) in [6.07, 6.45) is -1.52. The molecule has 31 heavy (non-hydrogen) atoms. The highest BCUT2D eigenvalue weighted by Gasteiger charge is 2.30. The second-order valence-electron chi connectivity index (χ2n) is 6.59. The molecule has 0 fully saturated rings. The second-order valence-corrected chi connectivity index (χ2v) is 6.59. The van der Waals surface area contributed by atoms with E-state index in [2.05, 4.69) is 0 Å². The number of ether oxygens (including phenoxy) is 2. The van der Waals surface area contributed by atoms with E-state index in [1.807, 2.05) is 0 Å². The number of methoxy groups -OCH3 is 1. The molecular weight excluding hydrogens is 412 g/mol. The molecule has 0 aliphatic heterocycles. The normalized spacial score (nSPS) is 11.5. The van der Waals surface area contributed by atoms with Crippen LogP contribution in [0.1, 0.15) is 27.0 Å². The van der Waals surface area contributed by atoms with Crippen LogP contribution in [0.2, 0.25) is 0 Å². The van der Waals surface area contributed by atoms with Gasteiger partial charge in [0.1, 0.15) is 23.9 Å². The summed E-state index contributed by atoms with van der Waals surface area (Å²) >= 11 is 0. The van der Waals surface area contributed by atoms with Crippen LogP contribution in [0.5, 0.6) is 11.5 Å². The summed E-state index contributed by atoms with van der Waals surface area (Å²) in [5, 5.41) is 0. The molecule has 3 aromatic rings. The van der Waals surface area contributed by atoms with Crippen molar-refractivity contribution in [2.45, 2.75) is 12.8 Å². The number of halogens is 4. The van der Waals surface area contributed by atoms with Gasteiger partial charge in [-0.1, -0.05) is 18.2 Å². The SMILES string of the molecule is COc1ccc(/C=C/C(=O)c2ccc(F)cc2)cc1COc1cccc(C(F)(F)F)c1. The van der Waals surface area contributed by atoms with Crippen molar-refractivity contribution in [3.63, 3.8) is 0 Å². The zero-order chi connectivity index (χ0) is 22.4. The molecule has 0 bridgehead atoms.